The first-order valence-corrected chi connectivity index (χ1v) is 8.86. The summed E-state index contributed by atoms with van der Waals surface area (Å²) in [4.78, 5) is 22.1. The Morgan fingerprint density at radius 2 is 1.88 bits per heavy atom. The second-order valence-corrected chi connectivity index (χ2v) is 7.82. The summed E-state index contributed by atoms with van der Waals surface area (Å²) in [5.41, 5.74) is 0.443. The van der Waals surface area contributed by atoms with Crippen molar-refractivity contribution in [3.8, 4) is 11.4 Å². The average Bonchev–Trinajstić information content (AvgIpc) is 3.05. The molecule has 0 aliphatic carbocycles. The quantitative estimate of drug-likeness (QED) is 0.898. The van der Waals surface area contributed by atoms with Crippen LogP contribution in [-0.2, 0) is 9.63 Å². The molecule has 3 rings (SSSR count). The molecule has 1 N–H and O–H groups in total. The number of carbonyl (C=O) groups excluding carboxylic acids is 1. The number of rotatable bonds is 3. The van der Waals surface area contributed by atoms with E-state index >= 15 is 0 Å². The molecule has 134 valence electrons. The third-order valence-electron chi connectivity index (χ3n) is 4.27. The molecule has 0 atom stereocenters. The third-order valence-corrected chi connectivity index (χ3v) is 4.52. The molecule has 1 aliphatic rings. The number of aromatic nitrogens is 3. The van der Waals surface area contributed by atoms with Crippen LogP contribution < -0.4 is 0 Å². The van der Waals surface area contributed by atoms with Gasteiger partial charge in [-0.2, -0.15) is 5.10 Å². The van der Waals surface area contributed by atoms with Gasteiger partial charge in [-0.25, -0.2) is 9.78 Å². The van der Waals surface area contributed by atoms with Crippen molar-refractivity contribution in [1.29, 1.82) is 0 Å². The van der Waals surface area contributed by atoms with E-state index in [1.54, 1.807) is 5.06 Å². The summed E-state index contributed by atoms with van der Waals surface area (Å²) in [5.74, 6) is 1.65. The molecule has 2 aromatic rings. The van der Waals surface area contributed by atoms with Crippen LogP contribution in [0.4, 0.5) is 0 Å². The number of halogens is 1. The lowest BCUT2D eigenvalue weighted by atomic mass is 9.96. The van der Waals surface area contributed by atoms with Crippen LogP contribution in [0.1, 0.15) is 45.4 Å². The molecule has 6 nitrogen and oxygen atoms in total. The summed E-state index contributed by atoms with van der Waals surface area (Å²) in [6, 6.07) is 7.47. The molecule has 1 saturated heterocycles. The highest BCUT2D eigenvalue weighted by molar-refractivity contribution is 6.30. The zero-order valence-corrected chi connectivity index (χ0v) is 15.5. The maximum atomic E-state index is 12.0. The van der Waals surface area contributed by atoms with Gasteiger partial charge >= 0.3 is 5.97 Å². The summed E-state index contributed by atoms with van der Waals surface area (Å²) >= 11 is 5.91. The molecule has 0 bridgehead atoms. The van der Waals surface area contributed by atoms with E-state index in [1.807, 2.05) is 45.0 Å². The molecule has 0 radical (unpaired) electrons. The highest BCUT2D eigenvalue weighted by atomic mass is 35.5. The van der Waals surface area contributed by atoms with Crippen LogP contribution in [0.5, 0.6) is 0 Å². The number of benzene rings is 1. The lowest BCUT2D eigenvalue weighted by molar-refractivity contribution is -0.204. The van der Waals surface area contributed by atoms with Crippen LogP contribution >= 0.6 is 11.6 Å². The second-order valence-electron chi connectivity index (χ2n) is 7.38. The van der Waals surface area contributed by atoms with Crippen molar-refractivity contribution in [3.63, 3.8) is 0 Å². The molecule has 0 amide bonds. The summed E-state index contributed by atoms with van der Waals surface area (Å²) in [7, 11) is 0. The van der Waals surface area contributed by atoms with Crippen molar-refractivity contribution >= 4 is 17.6 Å². The van der Waals surface area contributed by atoms with Gasteiger partial charge in [0.05, 0.1) is 5.41 Å². The van der Waals surface area contributed by atoms with E-state index in [2.05, 4.69) is 15.2 Å². The van der Waals surface area contributed by atoms with Crippen LogP contribution in [0.25, 0.3) is 11.4 Å². The van der Waals surface area contributed by atoms with Gasteiger partial charge in [0.25, 0.3) is 0 Å². The molecule has 1 aromatic heterocycles. The summed E-state index contributed by atoms with van der Waals surface area (Å²) in [5, 5.41) is 9.80. The van der Waals surface area contributed by atoms with Gasteiger partial charge in [-0.3, -0.25) is 5.10 Å². The van der Waals surface area contributed by atoms with Gasteiger partial charge in [-0.15, -0.1) is 5.06 Å². The third kappa shape index (κ3) is 4.38. The van der Waals surface area contributed by atoms with Crippen LogP contribution in [0.15, 0.2) is 24.3 Å². The van der Waals surface area contributed by atoms with E-state index in [0.717, 1.165) is 24.2 Å². The number of hydrogen-bond acceptors (Lipinski definition) is 5. The van der Waals surface area contributed by atoms with Crippen LogP contribution in [0, 0.1) is 5.41 Å². The molecular formula is C18H23ClN4O2. The van der Waals surface area contributed by atoms with Crippen molar-refractivity contribution in [3.05, 3.63) is 35.1 Å². The molecule has 0 spiro atoms. The molecule has 25 heavy (non-hydrogen) atoms. The maximum absolute atomic E-state index is 12.0. The summed E-state index contributed by atoms with van der Waals surface area (Å²) in [6.45, 7) is 6.96. The van der Waals surface area contributed by atoms with E-state index in [-0.39, 0.29) is 11.9 Å². The Bertz CT molecular complexity index is 728. The minimum Gasteiger partial charge on any atom is -0.367 e. The zero-order chi connectivity index (χ0) is 18.0. The van der Waals surface area contributed by atoms with E-state index in [9.17, 15) is 4.79 Å². The molecule has 7 heteroatoms. The van der Waals surface area contributed by atoms with E-state index in [1.165, 1.54) is 0 Å². The van der Waals surface area contributed by atoms with Gasteiger partial charge in [0.15, 0.2) is 5.82 Å². The number of hydrogen-bond donors (Lipinski definition) is 1. The van der Waals surface area contributed by atoms with Crippen LogP contribution in [0.3, 0.4) is 0 Å². The minimum absolute atomic E-state index is 0.198. The van der Waals surface area contributed by atoms with Crippen molar-refractivity contribution < 1.29 is 9.63 Å². The molecule has 2 heterocycles. The van der Waals surface area contributed by atoms with Crippen molar-refractivity contribution in [2.45, 2.75) is 39.5 Å². The van der Waals surface area contributed by atoms with Gasteiger partial charge in [0, 0.05) is 29.6 Å². The first kappa shape index (κ1) is 17.9. The van der Waals surface area contributed by atoms with Gasteiger partial charge in [0.2, 0.25) is 0 Å². The highest BCUT2D eigenvalue weighted by Crippen LogP contribution is 2.28. The zero-order valence-electron chi connectivity index (χ0n) is 14.8. The van der Waals surface area contributed by atoms with E-state index < -0.39 is 5.41 Å². The molecule has 1 fully saturated rings. The summed E-state index contributed by atoms with van der Waals surface area (Å²) in [6.07, 6.45) is 1.74. The number of nitrogens with zero attached hydrogens (tertiary/aromatic N) is 3. The van der Waals surface area contributed by atoms with Crippen molar-refractivity contribution in [1.82, 2.24) is 20.2 Å². The van der Waals surface area contributed by atoms with Gasteiger partial charge in [-0.1, -0.05) is 11.6 Å². The van der Waals surface area contributed by atoms with Gasteiger partial charge in [0.1, 0.15) is 5.82 Å². The lowest BCUT2D eigenvalue weighted by Crippen LogP contribution is -2.38. The molecule has 0 saturated carbocycles. The van der Waals surface area contributed by atoms with Gasteiger partial charge < -0.3 is 4.84 Å². The fourth-order valence-corrected chi connectivity index (χ4v) is 2.79. The van der Waals surface area contributed by atoms with Crippen molar-refractivity contribution in [2.75, 3.05) is 13.1 Å². The Labute approximate surface area is 152 Å². The number of H-pyrrole nitrogens is 1. The Hall–Kier alpha value is -1.92. The highest BCUT2D eigenvalue weighted by Gasteiger charge is 2.29. The molecule has 1 aliphatic heterocycles. The van der Waals surface area contributed by atoms with Crippen molar-refractivity contribution in [2.24, 2.45) is 5.41 Å². The van der Waals surface area contributed by atoms with Crippen LogP contribution in [-0.4, -0.2) is 39.3 Å². The minimum atomic E-state index is -0.491. The SMILES string of the molecule is CC(C)(C)C(=O)ON1CCC(c2nc(-c3ccc(Cl)cc3)n[nH]2)CC1. The Morgan fingerprint density at radius 3 is 2.48 bits per heavy atom. The Morgan fingerprint density at radius 1 is 1.24 bits per heavy atom. The maximum Gasteiger partial charge on any atom is 0.330 e. The largest absolute Gasteiger partial charge is 0.367 e. The monoisotopic (exact) mass is 362 g/mol. The number of carbonyl (C=O) groups is 1. The molecular weight excluding hydrogens is 340 g/mol. The predicted octanol–water partition coefficient (Wildman–Crippen LogP) is 3.81. The summed E-state index contributed by atoms with van der Waals surface area (Å²) < 4.78 is 0. The number of aromatic amines is 1. The second kappa shape index (κ2) is 7.14. The number of hydroxylamine groups is 2. The predicted molar refractivity (Wildman–Crippen MR) is 95.9 cm³/mol. The smallest absolute Gasteiger partial charge is 0.330 e. The Kier molecular flexibility index (Phi) is 5.11. The standard InChI is InChI=1S/C18H23ClN4O2/c1-18(2,3)17(24)25-23-10-8-13(9-11-23)16-20-15(21-22-16)12-4-6-14(19)7-5-12/h4-7,13H,8-11H2,1-3H3,(H,20,21,22). The lowest BCUT2D eigenvalue weighted by Gasteiger charge is -2.31. The number of piperidine rings is 1. The number of nitrogens with one attached hydrogen (secondary N) is 1. The van der Waals surface area contributed by atoms with Crippen LogP contribution in [0.2, 0.25) is 5.02 Å². The van der Waals surface area contributed by atoms with Gasteiger partial charge in [-0.05, 0) is 57.9 Å². The normalized spacial score (nSPS) is 16.8. The fourth-order valence-electron chi connectivity index (χ4n) is 2.66. The topological polar surface area (TPSA) is 71.1 Å². The van der Waals surface area contributed by atoms with E-state index in [4.69, 9.17) is 16.4 Å². The first-order chi connectivity index (χ1) is 11.8. The van der Waals surface area contributed by atoms with E-state index in [0.29, 0.717) is 23.9 Å². The molecule has 0 unspecified atom stereocenters. The Balaban J connectivity index is 1.58. The fraction of sp³-hybridized carbons (Fsp3) is 0.500. The first-order valence-electron chi connectivity index (χ1n) is 8.48. The average molecular weight is 363 g/mol. The molecule has 1 aromatic carbocycles.